The summed E-state index contributed by atoms with van der Waals surface area (Å²) in [6, 6.07) is 15.9. The van der Waals surface area contributed by atoms with Crippen molar-refractivity contribution in [3.8, 4) is 11.1 Å². The molecule has 3 aromatic carbocycles. The van der Waals surface area contributed by atoms with Crippen molar-refractivity contribution in [1.82, 2.24) is 10.8 Å². The largest absolute Gasteiger partial charge is 0.324 e. The van der Waals surface area contributed by atoms with E-state index in [0.717, 1.165) is 22.8 Å². The van der Waals surface area contributed by atoms with Gasteiger partial charge in [-0.1, -0.05) is 48.9 Å². The van der Waals surface area contributed by atoms with Crippen molar-refractivity contribution < 1.29 is 23.6 Å². The Bertz CT molecular complexity index is 1350. The summed E-state index contributed by atoms with van der Waals surface area (Å²) in [7, 11) is 0. The molecule has 0 radical (unpaired) electrons. The molecule has 0 atom stereocenters. The quantitative estimate of drug-likeness (QED) is 0.194. The second-order valence-corrected chi connectivity index (χ2v) is 9.03. The van der Waals surface area contributed by atoms with Gasteiger partial charge in [0.1, 0.15) is 5.70 Å². The van der Waals surface area contributed by atoms with Crippen LogP contribution in [0.4, 0.5) is 14.5 Å². The fraction of sp³-hybridized carbons (Fsp3) is 0.214. The zero-order valence-electron chi connectivity index (χ0n) is 20.9. The second-order valence-electron chi connectivity index (χ2n) is 8.62. The summed E-state index contributed by atoms with van der Waals surface area (Å²) in [6.45, 7) is 6.68. The SMILES string of the molecule is CCC(F)(F)c1cccc(NC(=O)/C(NO)=C(\C)NC(=O)c2ccc(Cl)c(-c3c(C)cccc3C)c2)c1. The van der Waals surface area contributed by atoms with Crippen LogP contribution in [0.5, 0.6) is 0 Å². The third kappa shape index (κ3) is 6.34. The van der Waals surface area contributed by atoms with E-state index in [1.807, 2.05) is 32.0 Å². The number of nitrogens with one attached hydrogen (secondary N) is 3. The van der Waals surface area contributed by atoms with Crippen LogP contribution in [0.15, 0.2) is 72.1 Å². The number of carbonyl (C=O) groups excluding carboxylic acids is 2. The molecular formula is C28H28ClF2N3O3. The summed E-state index contributed by atoms with van der Waals surface area (Å²) in [5.74, 6) is -4.41. The maximum Gasteiger partial charge on any atom is 0.275 e. The lowest BCUT2D eigenvalue weighted by Crippen LogP contribution is -2.31. The number of halogens is 3. The average Bonchev–Trinajstić information content (AvgIpc) is 2.85. The number of allylic oxidation sites excluding steroid dienone is 1. The third-order valence-corrected chi connectivity index (χ3v) is 6.31. The lowest BCUT2D eigenvalue weighted by atomic mass is 9.94. The molecule has 2 amide bonds. The van der Waals surface area contributed by atoms with Crippen molar-refractivity contribution in [2.75, 3.05) is 5.32 Å². The molecule has 0 aromatic heterocycles. The maximum absolute atomic E-state index is 14.0. The first-order valence-corrected chi connectivity index (χ1v) is 11.9. The van der Waals surface area contributed by atoms with Crippen LogP contribution in [-0.4, -0.2) is 17.0 Å². The molecule has 0 unspecified atom stereocenters. The number of hydroxylamine groups is 1. The standard InChI is InChI=1S/C28H28ClF2N3O3/c1-5-28(30,31)20-10-7-11-21(15-20)33-27(36)25(34-37)18(4)32-26(35)19-12-13-23(29)22(14-19)24-16(2)8-6-9-17(24)3/h6-15,34,37H,5H2,1-4H3,(H,32,35)(H,33,36)/b25-18-. The van der Waals surface area contributed by atoms with Gasteiger partial charge in [-0.25, -0.2) is 8.78 Å². The van der Waals surface area contributed by atoms with Gasteiger partial charge in [-0.05, 0) is 67.8 Å². The molecular weight excluding hydrogens is 500 g/mol. The zero-order chi connectivity index (χ0) is 27.3. The number of rotatable bonds is 8. The summed E-state index contributed by atoms with van der Waals surface area (Å²) >= 11 is 6.44. The Kier molecular flexibility index (Phi) is 8.68. The molecule has 6 nitrogen and oxygen atoms in total. The minimum atomic E-state index is -3.05. The summed E-state index contributed by atoms with van der Waals surface area (Å²) < 4.78 is 28.1. The minimum Gasteiger partial charge on any atom is -0.324 e. The van der Waals surface area contributed by atoms with Gasteiger partial charge >= 0.3 is 0 Å². The molecule has 194 valence electrons. The molecule has 0 saturated carbocycles. The minimum absolute atomic E-state index is 0.0172. The molecule has 3 rings (SSSR count). The van der Waals surface area contributed by atoms with E-state index in [4.69, 9.17) is 11.6 Å². The lowest BCUT2D eigenvalue weighted by Gasteiger charge is -2.17. The van der Waals surface area contributed by atoms with Crippen molar-refractivity contribution in [2.24, 2.45) is 0 Å². The first kappa shape index (κ1) is 27.8. The molecule has 0 fully saturated rings. The van der Waals surface area contributed by atoms with Crippen molar-refractivity contribution in [2.45, 2.75) is 40.0 Å². The first-order valence-electron chi connectivity index (χ1n) is 11.6. The molecule has 3 aromatic rings. The van der Waals surface area contributed by atoms with Crippen LogP contribution in [0.3, 0.4) is 0 Å². The predicted molar refractivity (Wildman–Crippen MR) is 141 cm³/mol. The second kappa shape index (κ2) is 11.5. The fourth-order valence-corrected chi connectivity index (χ4v) is 4.14. The van der Waals surface area contributed by atoms with E-state index in [-0.39, 0.29) is 28.2 Å². The topological polar surface area (TPSA) is 90.5 Å². The number of hydrogen-bond acceptors (Lipinski definition) is 4. The molecule has 0 aliphatic carbocycles. The van der Waals surface area contributed by atoms with E-state index in [1.54, 1.807) is 23.7 Å². The highest BCUT2D eigenvalue weighted by Crippen LogP contribution is 2.34. The van der Waals surface area contributed by atoms with Gasteiger partial charge in [0.15, 0.2) is 0 Å². The Morgan fingerprint density at radius 1 is 1.00 bits per heavy atom. The highest BCUT2D eigenvalue weighted by molar-refractivity contribution is 6.33. The van der Waals surface area contributed by atoms with Gasteiger partial charge in [0.25, 0.3) is 17.7 Å². The molecule has 4 N–H and O–H groups in total. The number of carbonyl (C=O) groups is 2. The smallest absolute Gasteiger partial charge is 0.275 e. The van der Waals surface area contributed by atoms with Crippen LogP contribution in [-0.2, 0) is 10.7 Å². The Labute approximate surface area is 219 Å². The number of hydrogen-bond donors (Lipinski definition) is 4. The number of anilines is 1. The molecule has 37 heavy (non-hydrogen) atoms. The highest BCUT2D eigenvalue weighted by Gasteiger charge is 2.29. The summed E-state index contributed by atoms with van der Waals surface area (Å²) in [6.07, 6.45) is -0.394. The Morgan fingerprint density at radius 2 is 1.65 bits per heavy atom. The van der Waals surface area contributed by atoms with Crippen LogP contribution in [0.1, 0.15) is 47.3 Å². The maximum atomic E-state index is 14.0. The van der Waals surface area contributed by atoms with Gasteiger partial charge in [-0.15, -0.1) is 0 Å². The van der Waals surface area contributed by atoms with Gasteiger partial charge in [-0.3, -0.25) is 20.3 Å². The first-order chi connectivity index (χ1) is 17.5. The molecule has 0 bridgehead atoms. The lowest BCUT2D eigenvalue weighted by molar-refractivity contribution is -0.114. The van der Waals surface area contributed by atoms with E-state index in [2.05, 4.69) is 10.6 Å². The number of aryl methyl sites for hydroxylation is 2. The number of benzene rings is 3. The van der Waals surface area contributed by atoms with Crippen LogP contribution < -0.4 is 16.1 Å². The van der Waals surface area contributed by atoms with E-state index in [0.29, 0.717) is 10.6 Å². The molecule has 0 saturated heterocycles. The molecule has 0 aliphatic rings. The van der Waals surface area contributed by atoms with Crippen molar-refractivity contribution in [1.29, 1.82) is 0 Å². The van der Waals surface area contributed by atoms with Gasteiger partial charge < -0.3 is 10.6 Å². The summed E-state index contributed by atoms with van der Waals surface area (Å²) in [5.41, 5.74) is 5.20. The predicted octanol–water partition coefficient (Wildman–Crippen LogP) is 6.70. The van der Waals surface area contributed by atoms with Crippen molar-refractivity contribution >= 4 is 29.1 Å². The van der Waals surface area contributed by atoms with Crippen LogP contribution in [0.25, 0.3) is 11.1 Å². The van der Waals surface area contributed by atoms with Crippen LogP contribution >= 0.6 is 11.6 Å². The van der Waals surface area contributed by atoms with Gasteiger partial charge in [0.2, 0.25) is 0 Å². The van der Waals surface area contributed by atoms with Crippen LogP contribution in [0, 0.1) is 13.8 Å². The van der Waals surface area contributed by atoms with E-state index in [1.165, 1.54) is 32.0 Å². The fourth-order valence-electron chi connectivity index (χ4n) is 3.93. The Hall–Kier alpha value is -3.75. The molecule has 0 aliphatic heterocycles. The number of alkyl halides is 2. The van der Waals surface area contributed by atoms with Gasteiger partial charge in [0, 0.05) is 39.5 Å². The van der Waals surface area contributed by atoms with E-state index in [9.17, 15) is 23.6 Å². The van der Waals surface area contributed by atoms with E-state index >= 15 is 0 Å². The van der Waals surface area contributed by atoms with Crippen molar-refractivity contribution in [3.63, 3.8) is 0 Å². The number of amides is 2. The highest BCUT2D eigenvalue weighted by atomic mass is 35.5. The summed E-state index contributed by atoms with van der Waals surface area (Å²) in [4.78, 5) is 25.7. The monoisotopic (exact) mass is 527 g/mol. The average molecular weight is 528 g/mol. The Morgan fingerprint density at radius 3 is 2.27 bits per heavy atom. The van der Waals surface area contributed by atoms with Crippen LogP contribution in [0.2, 0.25) is 5.02 Å². The molecule has 0 heterocycles. The Balaban J connectivity index is 1.84. The van der Waals surface area contributed by atoms with Gasteiger partial charge in [-0.2, -0.15) is 0 Å². The molecule has 0 spiro atoms. The van der Waals surface area contributed by atoms with Crippen molar-refractivity contribution in [3.05, 3.63) is 99.3 Å². The van der Waals surface area contributed by atoms with E-state index < -0.39 is 24.2 Å². The summed E-state index contributed by atoms with van der Waals surface area (Å²) in [5, 5.41) is 15.1. The van der Waals surface area contributed by atoms with Gasteiger partial charge in [0.05, 0.1) is 0 Å². The normalized spacial score (nSPS) is 12.0. The molecule has 9 heteroatoms. The zero-order valence-corrected chi connectivity index (χ0v) is 21.6. The third-order valence-electron chi connectivity index (χ3n) is 5.98.